The molecule has 2 nitrogen and oxygen atoms in total. The molecule has 94 valence electrons. The summed E-state index contributed by atoms with van der Waals surface area (Å²) in [7, 11) is 0. The molecule has 0 aliphatic carbocycles. The number of rotatable bonds is 2. The number of benzene rings is 2. The molecule has 0 heterocycles. The molecule has 0 aliphatic heterocycles. The second kappa shape index (κ2) is 10.0. The standard InChI is InChI=1S/2C7H8O.Ni/c2*8-6-7-4-2-1-3-5-7;/h2*1-5,8H,6H2;. The first-order valence-corrected chi connectivity index (χ1v) is 5.16. The average Bonchev–Trinajstić information content (AvgIpc) is 2.41. The smallest absolute Gasteiger partial charge is 0.0681 e. The molecular formula is C14H16NiO2. The molecule has 2 aromatic carbocycles. The Kier molecular flexibility index (Phi) is 9.36. The van der Waals surface area contributed by atoms with E-state index in [0.29, 0.717) is 0 Å². The summed E-state index contributed by atoms with van der Waals surface area (Å²) in [6.45, 7) is 0.279. The van der Waals surface area contributed by atoms with E-state index in [1.165, 1.54) is 0 Å². The Morgan fingerprint density at radius 3 is 1.06 bits per heavy atom. The van der Waals surface area contributed by atoms with Crippen molar-refractivity contribution < 1.29 is 26.7 Å². The van der Waals surface area contributed by atoms with Crippen LogP contribution in [0.5, 0.6) is 0 Å². The van der Waals surface area contributed by atoms with Gasteiger partial charge in [0.1, 0.15) is 0 Å². The normalized spacial score (nSPS) is 8.59. The van der Waals surface area contributed by atoms with Gasteiger partial charge in [0.2, 0.25) is 0 Å². The second-order valence-electron chi connectivity index (χ2n) is 3.29. The molecule has 0 unspecified atom stereocenters. The summed E-state index contributed by atoms with van der Waals surface area (Å²) in [5.74, 6) is 0. The van der Waals surface area contributed by atoms with E-state index in [2.05, 4.69) is 0 Å². The average molecular weight is 275 g/mol. The van der Waals surface area contributed by atoms with Crippen molar-refractivity contribution in [1.82, 2.24) is 0 Å². The predicted octanol–water partition coefficient (Wildman–Crippen LogP) is 2.36. The van der Waals surface area contributed by atoms with Crippen LogP contribution in [0.2, 0.25) is 0 Å². The zero-order valence-electron chi connectivity index (χ0n) is 9.40. The van der Waals surface area contributed by atoms with Crippen molar-refractivity contribution in [2.75, 3.05) is 0 Å². The maximum Gasteiger partial charge on any atom is 0.0681 e. The first-order valence-electron chi connectivity index (χ1n) is 5.16. The van der Waals surface area contributed by atoms with Gasteiger partial charge < -0.3 is 10.2 Å². The summed E-state index contributed by atoms with van der Waals surface area (Å²) in [6, 6.07) is 19.0. The minimum atomic E-state index is 0. The third kappa shape index (κ3) is 6.90. The molecule has 0 aliphatic rings. The van der Waals surface area contributed by atoms with Crippen molar-refractivity contribution in [3.63, 3.8) is 0 Å². The Balaban J connectivity index is 0.000000284. The van der Waals surface area contributed by atoms with Crippen LogP contribution >= 0.6 is 0 Å². The Morgan fingerprint density at radius 2 is 0.882 bits per heavy atom. The molecule has 0 atom stereocenters. The summed E-state index contributed by atoms with van der Waals surface area (Å²) in [5, 5.41) is 17.1. The third-order valence-electron chi connectivity index (χ3n) is 2.05. The summed E-state index contributed by atoms with van der Waals surface area (Å²) >= 11 is 0. The van der Waals surface area contributed by atoms with Crippen LogP contribution in [0, 0.1) is 0 Å². The van der Waals surface area contributed by atoms with E-state index < -0.39 is 0 Å². The molecule has 0 saturated carbocycles. The van der Waals surface area contributed by atoms with Crippen molar-refractivity contribution in [3.8, 4) is 0 Å². The molecule has 0 aromatic heterocycles. The largest absolute Gasteiger partial charge is 0.392 e. The number of aliphatic hydroxyl groups is 2. The van der Waals surface area contributed by atoms with Gasteiger partial charge in [-0.15, -0.1) is 0 Å². The molecule has 0 fully saturated rings. The Bertz CT molecular complexity index is 336. The molecule has 0 spiro atoms. The van der Waals surface area contributed by atoms with Gasteiger partial charge in [0.25, 0.3) is 0 Å². The van der Waals surface area contributed by atoms with Gasteiger partial charge in [-0.1, -0.05) is 60.7 Å². The van der Waals surface area contributed by atoms with Crippen LogP contribution in [0.25, 0.3) is 0 Å². The van der Waals surface area contributed by atoms with Crippen molar-refractivity contribution in [2.45, 2.75) is 13.2 Å². The molecule has 0 amide bonds. The molecule has 2 N–H and O–H groups in total. The van der Waals surface area contributed by atoms with Gasteiger partial charge >= 0.3 is 0 Å². The summed E-state index contributed by atoms with van der Waals surface area (Å²) < 4.78 is 0. The van der Waals surface area contributed by atoms with E-state index in [-0.39, 0.29) is 29.7 Å². The quantitative estimate of drug-likeness (QED) is 0.826. The fraction of sp³-hybridized carbons (Fsp3) is 0.143. The van der Waals surface area contributed by atoms with Gasteiger partial charge in [-0.25, -0.2) is 0 Å². The molecule has 0 saturated heterocycles. The molecular weight excluding hydrogens is 259 g/mol. The van der Waals surface area contributed by atoms with E-state index >= 15 is 0 Å². The third-order valence-corrected chi connectivity index (χ3v) is 2.05. The van der Waals surface area contributed by atoms with E-state index in [9.17, 15) is 0 Å². The van der Waals surface area contributed by atoms with Crippen molar-refractivity contribution in [1.29, 1.82) is 0 Å². The number of hydrogen-bond acceptors (Lipinski definition) is 2. The SMILES string of the molecule is OCc1ccccc1.OCc1ccccc1.[Ni]. The topological polar surface area (TPSA) is 40.5 Å². The van der Waals surface area contributed by atoms with Gasteiger partial charge in [-0.2, -0.15) is 0 Å². The van der Waals surface area contributed by atoms with E-state index in [4.69, 9.17) is 10.2 Å². The number of hydrogen-bond donors (Lipinski definition) is 2. The summed E-state index contributed by atoms with van der Waals surface area (Å²) in [5.41, 5.74) is 1.93. The van der Waals surface area contributed by atoms with Gasteiger partial charge in [0.05, 0.1) is 13.2 Å². The maximum atomic E-state index is 8.54. The first kappa shape index (κ1) is 15.9. The van der Waals surface area contributed by atoms with Crippen LogP contribution in [0.1, 0.15) is 11.1 Å². The Morgan fingerprint density at radius 1 is 0.588 bits per heavy atom. The second-order valence-corrected chi connectivity index (χ2v) is 3.29. The summed E-state index contributed by atoms with van der Waals surface area (Å²) in [6.07, 6.45) is 0. The molecule has 2 rings (SSSR count). The Hall–Kier alpha value is -1.15. The van der Waals surface area contributed by atoms with E-state index in [1.807, 2.05) is 60.7 Å². The predicted molar refractivity (Wildman–Crippen MR) is 64.7 cm³/mol. The van der Waals surface area contributed by atoms with Crippen LogP contribution in [0.4, 0.5) is 0 Å². The van der Waals surface area contributed by atoms with Gasteiger partial charge in [-0.05, 0) is 11.1 Å². The minimum absolute atomic E-state index is 0. The fourth-order valence-electron chi connectivity index (χ4n) is 1.17. The molecule has 3 heteroatoms. The molecule has 0 bridgehead atoms. The first-order chi connectivity index (χ1) is 7.86. The minimum Gasteiger partial charge on any atom is -0.392 e. The zero-order valence-corrected chi connectivity index (χ0v) is 10.4. The molecule has 17 heavy (non-hydrogen) atoms. The Labute approximate surface area is 112 Å². The van der Waals surface area contributed by atoms with Gasteiger partial charge in [-0.3, -0.25) is 0 Å². The van der Waals surface area contributed by atoms with Crippen molar-refractivity contribution >= 4 is 0 Å². The zero-order chi connectivity index (χ0) is 11.6. The number of aliphatic hydroxyl groups excluding tert-OH is 2. The van der Waals surface area contributed by atoms with Crippen molar-refractivity contribution in [2.24, 2.45) is 0 Å². The van der Waals surface area contributed by atoms with Gasteiger partial charge in [0, 0.05) is 16.5 Å². The maximum absolute atomic E-state index is 8.54. The van der Waals surface area contributed by atoms with E-state index in [0.717, 1.165) is 11.1 Å². The van der Waals surface area contributed by atoms with Crippen LogP contribution in [0.15, 0.2) is 60.7 Å². The van der Waals surface area contributed by atoms with Gasteiger partial charge in [0.15, 0.2) is 0 Å². The molecule has 2 aromatic rings. The molecule has 0 radical (unpaired) electrons. The fourth-order valence-corrected chi connectivity index (χ4v) is 1.17. The monoisotopic (exact) mass is 274 g/mol. The van der Waals surface area contributed by atoms with Crippen LogP contribution in [-0.4, -0.2) is 10.2 Å². The van der Waals surface area contributed by atoms with Crippen LogP contribution in [-0.2, 0) is 29.7 Å². The van der Waals surface area contributed by atoms with Crippen LogP contribution in [0.3, 0.4) is 0 Å². The van der Waals surface area contributed by atoms with Crippen molar-refractivity contribution in [3.05, 3.63) is 71.8 Å². The van der Waals surface area contributed by atoms with E-state index in [1.54, 1.807) is 0 Å². The summed E-state index contributed by atoms with van der Waals surface area (Å²) in [4.78, 5) is 0. The van der Waals surface area contributed by atoms with Crippen LogP contribution < -0.4 is 0 Å².